The van der Waals surface area contributed by atoms with Crippen molar-refractivity contribution in [1.29, 1.82) is 5.26 Å². The van der Waals surface area contributed by atoms with E-state index in [1.807, 2.05) is 6.07 Å². The first-order chi connectivity index (χ1) is 6.16. The van der Waals surface area contributed by atoms with E-state index in [4.69, 9.17) is 21.8 Å². The molecule has 1 rings (SSSR count). The third-order valence-corrected chi connectivity index (χ3v) is 2.18. The van der Waals surface area contributed by atoms with Crippen molar-refractivity contribution in [2.45, 2.75) is 25.7 Å². The normalized spacial score (nSPS) is 19.3. The molecular formula is C9H13N3O. The van der Waals surface area contributed by atoms with Crippen LogP contribution in [0.25, 0.3) is 0 Å². The monoisotopic (exact) mass is 179 g/mol. The van der Waals surface area contributed by atoms with Crippen molar-refractivity contribution < 1.29 is 5.11 Å². The molecule has 0 saturated heterocycles. The molecule has 0 radical (unpaired) electrons. The number of nitriles is 1. The number of aliphatic hydroxyl groups is 1. The van der Waals surface area contributed by atoms with E-state index in [1.165, 1.54) is 0 Å². The van der Waals surface area contributed by atoms with Crippen molar-refractivity contribution in [1.82, 2.24) is 0 Å². The Morgan fingerprint density at radius 1 is 1.38 bits per heavy atom. The Kier molecular flexibility index (Phi) is 2.80. The molecule has 0 spiro atoms. The number of aliphatic hydroxyl groups excluding tert-OH is 1. The van der Waals surface area contributed by atoms with Gasteiger partial charge in [-0.05, 0) is 31.3 Å². The highest BCUT2D eigenvalue weighted by Gasteiger charge is 2.16. The fourth-order valence-electron chi connectivity index (χ4n) is 1.49. The highest BCUT2D eigenvalue weighted by molar-refractivity contribution is 5.45. The van der Waals surface area contributed by atoms with E-state index in [-0.39, 0.29) is 5.57 Å². The van der Waals surface area contributed by atoms with Crippen molar-refractivity contribution in [2.24, 2.45) is 11.5 Å². The maximum atomic E-state index is 9.03. The van der Waals surface area contributed by atoms with Gasteiger partial charge >= 0.3 is 0 Å². The molecular weight excluding hydrogens is 166 g/mol. The lowest BCUT2D eigenvalue weighted by atomic mass is 9.92. The lowest BCUT2D eigenvalue weighted by molar-refractivity contribution is 0.401. The van der Waals surface area contributed by atoms with E-state index in [0.717, 1.165) is 25.7 Å². The molecule has 0 saturated carbocycles. The van der Waals surface area contributed by atoms with E-state index in [9.17, 15) is 0 Å². The lowest BCUT2D eigenvalue weighted by Gasteiger charge is -2.16. The minimum atomic E-state index is -0.428. The Bertz CT molecular complexity index is 305. The van der Waals surface area contributed by atoms with Gasteiger partial charge in [-0.1, -0.05) is 0 Å². The number of nitrogens with zero attached hydrogens (tertiary/aromatic N) is 1. The highest BCUT2D eigenvalue weighted by atomic mass is 16.3. The zero-order valence-electron chi connectivity index (χ0n) is 7.38. The van der Waals surface area contributed by atoms with E-state index in [1.54, 1.807) is 0 Å². The Balaban J connectivity index is 3.06. The van der Waals surface area contributed by atoms with Crippen molar-refractivity contribution in [2.75, 3.05) is 0 Å². The minimum absolute atomic E-state index is 0.136. The summed E-state index contributed by atoms with van der Waals surface area (Å²) in [5.41, 5.74) is 12.4. The van der Waals surface area contributed by atoms with E-state index >= 15 is 0 Å². The van der Waals surface area contributed by atoms with Crippen LogP contribution in [0, 0.1) is 11.3 Å². The van der Waals surface area contributed by atoms with Crippen LogP contribution in [0.1, 0.15) is 25.7 Å². The first-order valence-electron chi connectivity index (χ1n) is 4.23. The van der Waals surface area contributed by atoms with Gasteiger partial charge in [0.1, 0.15) is 11.6 Å². The molecule has 4 heteroatoms. The van der Waals surface area contributed by atoms with Crippen LogP contribution in [-0.4, -0.2) is 5.11 Å². The van der Waals surface area contributed by atoms with Crippen LogP contribution >= 0.6 is 0 Å². The predicted molar refractivity (Wildman–Crippen MR) is 49.1 cm³/mol. The standard InChI is InChI=1S/C9H13N3O/c10-5-7(9(12)13)6-3-1-2-4-8(6)11/h13H,1-4,11-12H2/b9-7+. The van der Waals surface area contributed by atoms with Crippen LogP contribution in [0.5, 0.6) is 0 Å². The van der Waals surface area contributed by atoms with E-state index < -0.39 is 5.88 Å². The Morgan fingerprint density at radius 2 is 2.00 bits per heavy atom. The summed E-state index contributed by atoms with van der Waals surface area (Å²) in [6.07, 6.45) is 3.55. The van der Waals surface area contributed by atoms with Gasteiger partial charge in [0, 0.05) is 5.70 Å². The van der Waals surface area contributed by atoms with Gasteiger partial charge in [0.15, 0.2) is 5.88 Å². The first-order valence-corrected chi connectivity index (χ1v) is 4.23. The molecule has 0 aromatic rings. The SMILES string of the molecule is N#C/C(C1=C(N)CCCC1)=C(/N)O. The number of hydrogen-bond acceptors (Lipinski definition) is 4. The fourth-order valence-corrected chi connectivity index (χ4v) is 1.49. The van der Waals surface area contributed by atoms with Crippen molar-refractivity contribution >= 4 is 0 Å². The van der Waals surface area contributed by atoms with Gasteiger partial charge in [0.05, 0.1) is 0 Å². The Hall–Kier alpha value is -1.63. The van der Waals surface area contributed by atoms with Gasteiger partial charge in [0.2, 0.25) is 0 Å². The van der Waals surface area contributed by atoms with Crippen LogP contribution in [-0.2, 0) is 0 Å². The summed E-state index contributed by atoms with van der Waals surface area (Å²) in [5.74, 6) is -0.428. The van der Waals surface area contributed by atoms with Crippen molar-refractivity contribution in [3.05, 3.63) is 22.7 Å². The third kappa shape index (κ3) is 1.94. The minimum Gasteiger partial charge on any atom is -0.494 e. The second-order valence-corrected chi connectivity index (χ2v) is 3.08. The summed E-state index contributed by atoms with van der Waals surface area (Å²) in [6.45, 7) is 0. The van der Waals surface area contributed by atoms with Crippen LogP contribution in [0.4, 0.5) is 0 Å². The molecule has 0 aliphatic heterocycles. The quantitative estimate of drug-likeness (QED) is 0.413. The van der Waals surface area contributed by atoms with E-state index in [2.05, 4.69) is 0 Å². The summed E-state index contributed by atoms with van der Waals surface area (Å²) in [7, 11) is 0. The molecule has 4 nitrogen and oxygen atoms in total. The molecule has 0 amide bonds. The number of hydrogen-bond donors (Lipinski definition) is 3. The fraction of sp³-hybridized carbons (Fsp3) is 0.444. The second-order valence-electron chi connectivity index (χ2n) is 3.08. The zero-order valence-corrected chi connectivity index (χ0v) is 7.38. The lowest BCUT2D eigenvalue weighted by Crippen LogP contribution is -2.12. The maximum Gasteiger partial charge on any atom is 0.200 e. The van der Waals surface area contributed by atoms with Crippen molar-refractivity contribution in [3.8, 4) is 6.07 Å². The van der Waals surface area contributed by atoms with Gasteiger partial charge in [-0.15, -0.1) is 0 Å². The van der Waals surface area contributed by atoms with Gasteiger partial charge in [-0.25, -0.2) is 0 Å². The second kappa shape index (κ2) is 3.85. The zero-order chi connectivity index (χ0) is 9.84. The summed E-state index contributed by atoms with van der Waals surface area (Å²) in [6, 6.07) is 1.87. The van der Waals surface area contributed by atoms with Crippen LogP contribution < -0.4 is 11.5 Å². The van der Waals surface area contributed by atoms with Crippen LogP contribution in [0.15, 0.2) is 22.7 Å². The molecule has 0 fully saturated rings. The van der Waals surface area contributed by atoms with Gasteiger partial charge in [-0.3, -0.25) is 0 Å². The average Bonchev–Trinajstić information content (AvgIpc) is 2.09. The number of rotatable bonds is 1. The molecule has 1 aliphatic carbocycles. The summed E-state index contributed by atoms with van der Waals surface area (Å²) < 4.78 is 0. The van der Waals surface area contributed by atoms with E-state index in [0.29, 0.717) is 11.3 Å². The topological polar surface area (TPSA) is 96.1 Å². The largest absolute Gasteiger partial charge is 0.494 e. The molecule has 1 aliphatic rings. The van der Waals surface area contributed by atoms with Crippen LogP contribution in [0.3, 0.4) is 0 Å². The van der Waals surface area contributed by atoms with Gasteiger partial charge in [-0.2, -0.15) is 5.26 Å². The first kappa shape index (κ1) is 9.46. The smallest absolute Gasteiger partial charge is 0.200 e. The van der Waals surface area contributed by atoms with Gasteiger partial charge < -0.3 is 16.6 Å². The molecule has 0 aromatic heterocycles. The maximum absolute atomic E-state index is 9.03. The average molecular weight is 179 g/mol. The number of allylic oxidation sites excluding steroid dienone is 3. The molecule has 0 unspecified atom stereocenters. The molecule has 5 N–H and O–H groups in total. The molecule has 0 heterocycles. The Labute approximate surface area is 77.1 Å². The van der Waals surface area contributed by atoms with Gasteiger partial charge in [0.25, 0.3) is 0 Å². The van der Waals surface area contributed by atoms with Crippen LogP contribution in [0.2, 0.25) is 0 Å². The predicted octanol–water partition coefficient (Wildman–Crippen LogP) is 1.03. The Morgan fingerprint density at radius 3 is 2.46 bits per heavy atom. The molecule has 0 aromatic carbocycles. The molecule has 0 atom stereocenters. The summed E-state index contributed by atoms with van der Waals surface area (Å²) >= 11 is 0. The molecule has 13 heavy (non-hydrogen) atoms. The summed E-state index contributed by atoms with van der Waals surface area (Å²) in [4.78, 5) is 0. The van der Waals surface area contributed by atoms with Crippen molar-refractivity contribution in [3.63, 3.8) is 0 Å². The molecule has 70 valence electrons. The molecule has 0 bridgehead atoms. The third-order valence-electron chi connectivity index (χ3n) is 2.18. The number of nitrogens with two attached hydrogens (primary N) is 2. The summed E-state index contributed by atoms with van der Waals surface area (Å²) in [5, 5.41) is 17.8. The highest BCUT2D eigenvalue weighted by Crippen LogP contribution is 2.27.